The van der Waals surface area contributed by atoms with Crippen LogP contribution >= 0.6 is 0 Å². The third kappa shape index (κ3) is 2.79. The standard InChI is InChI=1S/C15H19NO3/c1-9(2)14(16-8-13(17)18)15-10(3)11-6-4-5-7-12(11)19-15/h4-7,9,14,16H,8H2,1-3H3,(H,17,18). The van der Waals surface area contributed by atoms with Gasteiger partial charge in [-0.05, 0) is 24.5 Å². The van der Waals surface area contributed by atoms with E-state index in [4.69, 9.17) is 9.52 Å². The van der Waals surface area contributed by atoms with E-state index in [1.54, 1.807) is 0 Å². The summed E-state index contributed by atoms with van der Waals surface area (Å²) < 4.78 is 5.90. The highest BCUT2D eigenvalue weighted by atomic mass is 16.4. The normalized spacial score (nSPS) is 13.1. The van der Waals surface area contributed by atoms with Crippen LogP contribution in [0.3, 0.4) is 0 Å². The van der Waals surface area contributed by atoms with Crippen molar-refractivity contribution in [1.82, 2.24) is 5.32 Å². The van der Waals surface area contributed by atoms with Crippen molar-refractivity contribution >= 4 is 16.9 Å². The van der Waals surface area contributed by atoms with E-state index < -0.39 is 5.97 Å². The third-order valence-corrected chi connectivity index (χ3v) is 3.30. The summed E-state index contributed by atoms with van der Waals surface area (Å²) in [6.45, 7) is 6.04. The molecule has 0 saturated heterocycles. The molecule has 2 N–H and O–H groups in total. The quantitative estimate of drug-likeness (QED) is 0.868. The predicted molar refractivity (Wildman–Crippen MR) is 74.2 cm³/mol. The number of carbonyl (C=O) groups is 1. The minimum Gasteiger partial charge on any atom is -0.480 e. The molecule has 0 aliphatic heterocycles. The van der Waals surface area contributed by atoms with Gasteiger partial charge in [-0.25, -0.2) is 0 Å². The smallest absolute Gasteiger partial charge is 0.317 e. The van der Waals surface area contributed by atoms with Crippen LogP contribution in [0.1, 0.15) is 31.2 Å². The number of fused-ring (bicyclic) bond motifs is 1. The molecule has 0 fully saturated rings. The lowest BCUT2D eigenvalue weighted by Gasteiger charge is -2.20. The largest absolute Gasteiger partial charge is 0.480 e. The first-order chi connectivity index (χ1) is 9.00. The summed E-state index contributed by atoms with van der Waals surface area (Å²) in [5.74, 6) is 0.218. The molecule has 0 bridgehead atoms. The van der Waals surface area contributed by atoms with Gasteiger partial charge in [0.2, 0.25) is 0 Å². The Kier molecular flexibility index (Phi) is 3.90. The average Bonchev–Trinajstić information content (AvgIpc) is 2.67. The third-order valence-electron chi connectivity index (χ3n) is 3.30. The van der Waals surface area contributed by atoms with Crippen LogP contribution in [0.5, 0.6) is 0 Å². The number of nitrogens with one attached hydrogen (secondary N) is 1. The minimum atomic E-state index is -0.862. The van der Waals surface area contributed by atoms with E-state index in [2.05, 4.69) is 5.32 Å². The fourth-order valence-corrected chi connectivity index (χ4v) is 2.32. The first-order valence-electron chi connectivity index (χ1n) is 6.44. The highest BCUT2D eigenvalue weighted by Gasteiger charge is 2.23. The van der Waals surface area contributed by atoms with Gasteiger partial charge >= 0.3 is 5.97 Å². The summed E-state index contributed by atoms with van der Waals surface area (Å²) in [6.07, 6.45) is 0. The summed E-state index contributed by atoms with van der Waals surface area (Å²) in [5.41, 5.74) is 1.92. The maximum atomic E-state index is 10.7. The molecular weight excluding hydrogens is 242 g/mol. The molecule has 0 aliphatic carbocycles. The van der Waals surface area contributed by atoms with Crippen molar-refractivity contribution in [3.8, 4) is 0 Å². The van der Waals surface area contributed by atoms with Gasteiger partial charge in [-0.3, -0.25) is 10.1 Å². The van der Waals surface area contributed by atoms with E-state index in [0.717, 1.165) is 22.3 Å². The number of carboxylic acid groups (broad SMARTS) is 1. The van der Waals surface area contributed by atoms with Crippen LogP contribution in [0.25, 0.3) is 11.0 Å². The number of rotatable bonds is 5. The van der Waals surface area contributed by atoms with Gasteiger partial charge in [-0.1, -0.05) is 32.0 Å². The fraction of sp³-hybridized carbons (Fsp3) is 0.400. The molecule has 4 heteroatoms. The van der Waals surface area contributed by atoms with E-state index in [0.29, 0.717) is 0 Å². The van der Waals surface area contributed by atoms with Gasteiger partial charge in [0.15, 0.2) is 0 Å². The molecule has 1 aromatic heterocycles. The molecule has 1 unspecified atom stereocenters. The highest BCUT2D eigenvalue weighted by Crippen LogP contribution is 2.32. The van der Waals surface area contributed by atoms with Crippen LogP contribution in [0, 0.1) is 12.8 Å². The molecule has 1 heterocycles. The zero-order valence-corrected chi connectivity index (χ0v) is 11.4. The maximum Gasteiger partial charge on any atom is 0.317 e. The summed E-state index contributed by atoms with van der Waals surface area (Å²) in [5, 5.41) is 12.9. The van der Waals surface area contributed by atoms with Gasteiger partial charge < -0.3 is 9.52 Å². The van der Waals surface area contributed by atoms with Gasteiger partial charge in [0.05, 0.1) is 12.6 Å². The van der Waals surface area contributed by atoms with Gasteiger partial charge in [-0.2, -0.15) is 0 Å². The topological polar surface area (TPSA) is 62.5 Å². The van der Waals surface area contributed by atoms with Crippen LogP contribution in [-0.4, -0.2) is 17.6 Å². The number of benzene rings is 1. The monoisotopic (exact) mass is 261 g/mol. The lowest BCUT2D eigenvalue weighted by Crippen LogP contribution is -2.30. The second-order valence-electron chi connectivity index (χ2n) is 5.08. The Bertz CT molecular complexity index is 586. The minimum absolute atomic E-state index is 0.0701. The van der Waals surface area contributed by atoms with E-state index in [9.17, 15) is 4.79 Å². The number of para-hydroxylation sites is 1. The Labute approximate surface area is 112 Å². The molecule has 0 saturated carbocycles. The van der Waals surface area contributed by atoms with Crippen LogP contribution in [0.15, 0.2) is 28.7 Å². The van der Waals surface area contributed by atoms with Crippen LogP contribution in [0.4, 0.5) is 0 Å². The summed E-state index contributed by atoms with van der Waals surface area (Å²) in [6, 6.07) is 7.77. The zero-order valence-electron chi connectivity index (χ0n) is 11.4. The molecule has 2 rings (SSSR count). The Balaban J connectivity index is 2.38. The first kappa shape index (κ1) is 13.6. The predicted octanol–water partition coefficient (Wildman–Crippen LogP) is 3.11. The van der Waals surface area contributed by atoms with E-state index in [1.165, 1.54) is 0 Å². The molecular formula is C15H19NO3. The second-order valence-corrected chi connectivity index (χ2v) is 5.08. The number of aryl methyl sites for hydroxylation is 1. The molecule has 1 atom stereocenters. The Morgan fingerprint density at radius 2 is 2.05 bits per heavy atom. The van der Waals surface area contributed by atoms with Gasteiger partial charge in [0, 0.05) is 5.39 Å². The van der Waals surface area contributed by atoms with Crippen molar-refractivity contribution in [2.24, 2.45) is 5.92 Å². The van der Waals surface area contributed by atoms with E-state index >= 15 is 0 Å². The van der Waals surface area contributed by atoms with Crippen LogP contribution < -0.4 is 5.32 Å². The second kappa shape index (κ2) is 5.45. The van der Waals surface area contributed by atoms with Crippen molar-refractivity contribution in [2.75, 3.05) is 6.54 Å². The summed E-state index contributed by atoms with van der Waals surface area (Å²) in [7, 11) is 0. The Morgan fingerprint density at radius 3 is 2.63 bits per heavy atom. The molecule has 0 aliphatic rings. The number of hydrogen-bond acceptors (Lipinski definition) is 3. The number of furan rings is 1. The first-order valence-corrected chi connectivity index (χ1v) is 6.44. The average molecular weight is 261 g/mol. The lowest BCUT2D eigenvalue weighted by atomic mass is 9.98. The summed E-state index contributed by atoms with van der Waals surface area (Å²) in [4.78, 5) is 10.7. The fourth-order valence-electron chi connectivity index (χ4n) is 2.32. The lowest BCUT2D eigenvalue weighted by molar-refractivity contribution is -0.136. The number of carboxylic acids is 1. The van der Waals surface area contributed by atoms with Gasteiger partial charge in [0.1, 0.15) is 11.3 Å². The molecule has 2 aromatic rings. The SMILES string of the molecule is Cc1c(C(NCC(=O)O)C(C)C)oc2ccccc12. The van der Waals surface area contributed by atoms with Crippen molar-refractivity contribution < 1.29 is 14.3 Å². The van der Waals surface area contributed by atoms with Crippen LogP contribution in [0.2, 0.25) is 0 Å². The Hall–Kier alpha value is -1.81. The maximum absolute atomic E-state index is 10.7. The molecule has 4 nitrogen and oxygen atoms in total. The van der Waals surface area contributed by atoms with Gasteiger partial charge in [-0.15, -0.1) is 0 Å². The zero-order chi connectivity index (χ0) is 14.0. The molecule has 0 amide bonds. The molecule has 0 radical (unpaired) electrons. The molecule has 102 valence electrons. The van der Waals surface area contributed by atoms with E-state index in [1.807, 2.05) is 45.0 Å². The highest BCUT2D eigenvalue weighted by molar-refractivity contribution is 5.82. The van der Waals surface area contributed by atoms with Crippen molar-refractivity contribution in [2.45, 2.75) is 26.8 Å². The van der Waals surface area contributed by atoms with Crippen LogP contribution in [-0.2, 0) is 4.79 Å². The molecule has 1 aromatic carbocycles. The summed E-state index contributed by atoms with van der Waals surface area (Å²) >= 11 is 0. The molecule has 19 heavy (non-hydrogen) atoms. The van der Waals surface area contributed by atoms with Gasteiger partial charge in [0.25, 0.3) is 0 Å². The van der Waals surface area contributed by atoms with Crippen molar-refractivity contribution in [3.63, 3.8) is 0 Å². The Morgan fingerprint density at radius 1 is 1.37 bits per heavy atom. The van der Waals surface area contributed by atoms with Crippen molar-refractivity contribution in [3.05, 3.63) is 35.6 Å². The van der Waals surface area contributed by atoms with E-state index in [-0.39, 0.29) is 18.5 Å². The number of hydrogen-bond donors (Lipinski definition) is 2. The number of aliphatic carboxylic acids is 1. The molecule has 0 spiro atoms. The van der Waals surface area contributed by atoms with Crippen molar-refractivity contribution in [1.29, 1.82) is 0 Å².